The molecule has 1 aromatic carbocycles. The Hall–Kier alpha value is -1.79. The van der Waals surface area contributed by atoms with Crippen LogP contribution in [0.4, 0.5) is 0 Å². The maximum atomic E-state index is 8.85. The van der Waals surface area contributed by atoms with Crippen molar-refractivity contribution in [3.05, 3.63) is 29.3 Å². The largest absolute Gasteiger partial charge is 0.496 e. The van der Waals surface area contributed by atoms with Gasteiger partial charge in [0.15, 0.2) is 5.84 Å². The van der Waals surface area contributed by atoms with Crippen LogP contribution in [0.1, 0.15) is 30.9 Å². The molecule has 6 nitrogen and oxygen atoms in total. The number of methoxy groups -OCH3 is 1. The highest BCUT2D eigenvalue weighted by Crippen LogP contribution is 2.22. The summed E-state index contributed by atoms with van der Waals surface area (Å²) in [6.07, 6.45) is 2.16. The predicted octanol–water partition coefficient (Wildman–Crippen LogP) is 1.45. The first-order valence-corrected chi connectivity index (χ1v) is 7.05. The maximum Gasteiger partial charge on any atom is 0.173 e. The van der Waals surface area contributed by atoms with E-state index in [2.05, 4.69) is 17.4 Å². The molecular formula is C15H23N3O3. The van der Waals surface area contributed by atoms with Crippen LogP contribution in [-0.4, -0.2) is 36.9 Å². The Morgan fingerprint density at radius 3 is 3.00 bits per heavy atom. The summed E-state index contributed by atoms with van der Waals surface area (Å²) in [7, 11) is 1.56. The van der Waals surface area contributed by atoms with Crippen LogP contribution in [0.25, 0.3) is 0 Å². The molecule has 1 heterocycles. The van der Waals surface area contributed by atoms with E-state index in [1.54, 1.807) is 7.11 Å². The minimum Gasteiger partial charge on any atom is -0.496 e. The fourth-order valence-corrected chi connectivity index (χ4v) is 2.51. The maximum absolute atomic E-state index is 8.85. The van der Waals surface area contributed by atoms with E-state index >= 15 is 0 Å². The summed E-state index contributed by atoms with van der Waals surface area (Å²) in [5.74, 6) is 0.627. The van der Waals surface area contributed by atoms with Gasteiger partial charge in [0.2, 0.25) is 0 Å². The van der Waals surface area contributed by atoms with E-state index in [0.717, 1.165) is 31.6 Å². The molecule has 0 saturated carbocycles. The molecule has 1 fully saturated rings. The van der Waals surface area contributed by atoms with Gasteiger partial charge < -0.3 is 25.7 Å². The van der Waals surface area contributed by atoms with Crippen LogP contribution in [0, 0.1) is 0 Å². The van der Waals surface area contributed by atoms with Gasteiger partial charge in [-0.3, -0.25) is 0 Å². The van der Waals surface area contributed by atoms with E-state index in [-0.39, 0.29) is 11.4 Å². The smallest absolute Gasteiger partial charge is 0.173 e. The zero-order valence-electron chi connectivity index (χ0n) is 12.6. The van der Waals surface area contributed by atoms with Gasteiger partial charge in [0.25, 0.3) is 0 Å². The predicted molar refractivity (Wildman–Crippen MR) is 80.8 cm³/mol. The van der Waals surface area contributed by atoms with Crippen molar-refractivity contribution in [3.63, 3.8) is 0 Å². The first-order valence-electron chi connectivity index (χ1n) is 7.05. The monoisotopic (exact) mass is 293 g/mol. The number of nitrogens with two attached hydrogens (primary N) is 1. The van der Waals surface area contributed by atoms with Crippen LogP contribution in [0.2, 0.25) is 0 Å². The van der Waals surface area contributed by atoms with Crippen molar-refractivity contribution in [2.75, 3.05) is 20.3 Å². The lowest BCUT2D eigenvalue weighted by Crippen LogP contribution is -2.48. The zero-order valence-corrected chi connectivity index (χ0v) is 12.6. The van der Waals surface area contributed by atoms with E-state index in [4.69, 9.17) is 20.4 Å². The fourth-order valence-electron chi connectivity index (χ4n) is 2.51. The topological polar surface area (TPSA) is 89.1 Å². The molecule has 1 aliphatic heterocycles. The van der Waals surface area contributed by atoms with E-state index < -0.39 is 0 Å². The van der Waals surface area contributed by atoms with Gasteiger partial charge in [-0.15, -0.1) is 0 Å². The van der Waals surface area contributed by atoms with Crippen molar-refractivity contribution >= 4 is 5.84 Å². The Morgan fingerprint density at radius 1 is 1.57 bits per heavy atom. The number of nitrogens with one attached hydrogen (secondary N) is 1. The van der Waals surface area contributed by atoms with Gasteiger partial charge in [-0.1, -0.05) is 11.2 Å². The molecule has 0 radical (unpaired) electrons. The van der Waals surface area contributed by atoms with Crippen molar-refractivity contribution in [2.45, 2.75) is 31.8 Å². The van der Waals surface area contributed by atoms with E-state index in [9.17, 15) is 0 Å². The third-order valence-corrected chi connectivity index (χ3v) is 3.80. The van der Waals surface area contributed by atoms with Crippen molar-refractivity contribution in [3.8, 4) is 5.75 Å². The molecule has 6 heteroatoms. The second kappa shape index (κ2) is 6.78. The Labute approximate surface area is 124 Å². The highest BCUT2D eigenvalue weighted by atomic mass is 16.5. The summed E-state index contributed by atoms with van der Waals surface area (Å²) in [6, 6.07) is 5.66. The molecule has 0 aliphatic carbocycles. The van der Waals surface area contributed by atoms with E-state index in [1.807, 2.05) is 18.2 Å². The van der Waals surface area contributed by atoms with Crippen molar-refractivity contribution in [1.29, 1.82) is 0 Å². The molecule has 0 amide bonds. The first kappa shape index (κ1) is 15.6. The van der Waals surface area contributed by atoms with Crippen LogP contribution in [0.3, 0.4) is 0 Å². The van der Waals surface area contributed by atoms with Crippen LogP contribution in [0.15, 0.2) is 23.4 Å². The third kappa shape index (κ3) is 3.86. The number of amidine groups is 1. The van der Waals surface area contributed by atoms with Crippen molar-refractivity contribution in [2.24, 2.45) is 10.9 Å². The molecule has 0 spiro atoms. The quantitative estimate of drug-likeness (QED) is 0.331. The molecule has 4 N–H and O–H groups in total. The highest BCUT2D eigenvalue weighted by molar-refractivity contribution is 5.99. The number of nitrogens with zero attached hydrogens (tertiary/aromatic N) is 1. The number of ether oxygens (including phenoxy) is 2. The Balaban J connectivity index is 2.10. The molecule has 1 unspecified atom stereocenters. The second-order valence-electron chi connectivity index (χ2n) is 5.59. The SMILES string of the molecule is COc1ccc(CNC2(C)CCCOC2)cc1/C(N)=N/O. The molecule has 1 atom stereocenters. The van der Waals surface area contributed by atoms with Gasteiger partial charge in [-0.05, 0) is 37.5 Å². The number of oxime groups is 1. The van der Waals surface area contributed by atoms with Crippen molar-refractivity contribution in [1.82, 2.24) is 5.32 Å². The Bertz CT molecular complexity index is 511. The molecule has 116 valence electrons. The van der Waals surface area contributed by atoms with Crippen LogP contribution < -0.4 is 15.8 Å². The lowest BCUT2D eigenvalue weighted by Gasteiger charge is -2.34. The number of hydrogen-bond acceptors (Lipinski definition) is 5. The second-order valence-corrected chi connectivity index (χ2v) is 5.59. The Morgan fingerprint density at radius 2 is 2.38 bits per heavy atom. The minimum atomic E-state index is -0.00501. The van der Waals surface area contributed by atoms with Crippen LogP contribution in [-0.2, 0) is 11.3 Å². The van der Waals surface area contributed by atoms with E-state index in [0.29, 0.717) is 17.9 Å². The number of benzene rings is 1. The summed E-state index contributed by atoms with van der Waals surface area (Å²) < 4.78 is 10.8. The molecule has 21 heavy (non-hydrogen) atoms. The summed E-state index contributed by atoms with van der Waals surface area (Å²) in [4.78, 5) is 0. The lowest BCUT2D eigenvalue weighted by atomic mass is 9.94. The highest BCUT2D eigenvalue weighted by Gasteiger charge is 2.26. The molecule has 1 aromatic rings. The third-order valence-electron chi connectivity index (χ3n) is 3.80. The summed E-state index contributed by atoms with van der Waals surface area (Å²) >= 11 is 0. The number of rotatable bonds is 5. The molecule has 1 aliphatic rings. The molecular weight excluding hydrogens is 270 g/mol. The van der Waals surface area contributed by atoms with E-state index in [1.165, 1.54) is 0 Å². The summed E-state index contributed by atoms with van der Waals surface area (Å²) in [6.45, 7) is 4.42. The molecule has 2 rings (SSSR count). The van der Waals surface area contributed by atoms with Gasteiger partial charge in [0.1, 0.15) is 5.75 Å². The van der Waals surface area contributed by atoms with Gasteiger partial charge in [0, 0.05) is 18.7 Å². The molecule has 1 saturated heterocycles. The van der Waals surface area contributed by atoms with Crippen LogP contribution in [0.5, 0.6) is 5.75 Å². The van der Waals surface area contributed by atoms with Gasteiger partial charge in [-0.25, -0.2) is 0 Å². The van der Waals surface area contributed by atoms with Crippen LogP contribution >= 0.6 is 0 Å². The average molecular weight is 293 g/mol. The van der Waals surface area contributed by atoms with Gasteiger partial charge >= 0.3 is 0 Å². The summed E-state index contributed by atoms with van der Waals surface area (Å²) in [5.41, 5.74) is 7.31. The number of hydrogen-bond donors (Lipinski definition) is 3. The first-order chi connectivity index (χ1) is 10.1. The van der Waals surface area contributed by atoms with Gasteiger partial charge in [0.05, 0.1) is 19.3 Å². The Kier molecular flexibility index (Phi) is 5.03. The van der Waals surface area contributed by atoms with Gasteiger partial charge in [-0.2, -0.15) is 0 Å². The average Bonchev–Trinajstić information content (AvgIpc) is 2.52. The minimum absolute atomic E-state index is 0.00501. The zero-order chi connectivity index (χ0) is 15.3. The van der Waals surface area contributed by atoms with Crippen molar-refractivity contribution < 1.29 is 14.7 Å². The normalized spacial score (nSPS) is 23.0. The standard InChI is InChI=1S/C15H23N3O3/c1-15(6-3-7-21-10-15)17-9-11-4-5-13(20-2)12(8-11)14(16)18-19/h4-5,8,17,19H,3,6-7,9-10H2,1-2H3,(H2,16,18). The molecule has 0 bridgehead atoms. The summed E-state index contributed by atoms with van der Waals surface area (Å²) in [5, 5.41) is 15.4. The molecule has 0 aromatic heterocycles. The lowest BCUT2D eigenvalue weighted by molar-refractivity contribution is 0.0278. The fraction of sp³-hybridized carbons (Fsp3) is 0.533.